The standard InChI is InChI=1S/C30H36N2O5/c1-6-26(31-30(33)22-10-8-12-24(16-22)35-3)29-25-18-28(37-5)27(36-4)17-21(25)13-14-32(29)19-20-9-7-11-23(15-20)34-2/h7-12,15-18,26,29H,6,13-14,19H2,1-5H3,(H,31,33). The molecule has 0 aliphatic carbocycles. The summed E-state index contributed by atoms with van der Waals surface area (Å²) in [6.45, 7) is 3.67. The fourth-order valence-electron chi connectivity index (χ4n) is 5.10. The number of methoxy groups -OCH3 is 4. The minimum absolute atomic E-state index is 0.0608. The maximum Gasteiger partial charge on any atom is 0.251 e. The molecule has 3 aromatic carbocycles. The fourth-order valence-corrected chi connectivity index (χ4v) is 5.10. The van der Waals surface area contributed by atoms with E-state index in [4.69, 9.17) is 18.9 Å². The Bertz CT molecular complexity index is 1230. The van der Waals surface area contributed by atoms with Gasteiger partial charge in [-0.25, -0.2) is 0 Å². The minimum atomic E-state index is -0.138. The molecule has 0 aromatic heterocycles. The lowest BCUT2D eigenvalue weighted by molar-refractivity contribution is 0.0858. The number of ether oxygens (including phenoxy) is 4. The van der Waals surface area contributed by atoms with Crippen molar-refractivity contribution in [3.8, 4) is 23.0 Å². The molecule has 0 fully saturated rings. The second-order valence-electron chi connectivity index (χ2n) is 9.14. The first-order valence-corrected chi connectivity index (χ1v) is 12.6. The van der Waals surface area contributed by atoms with Gasteiger partial charge >= 0.3 is 0 Å². The molecule has 0 radical (unpaired) electrons. The van der Waals surface area contributed by atoms with Crippen molar-refractivity contribution in [2.45, 2.75) is 38.4 Å². The summed E-state index contributed by atoms with van der Waals surface area (Å²) in [5, 5.41) is 3.32. The van der Waals surface area contributed by atoms with Crippen molar-refractivity contribution in [2.75, 3.05) is 35.0 Å². The van der Waals surface area contributed by atoms with E-state index in [0.717, 1.165) is 48.6 Å². The summed E-state index contributed by atoms with van der Waals surface area (Å²) in [6.07, 6.45) is 1.62. The van der Waals surface area contributed by atoms with Crippen LogP contribution in [0.1, 0.15) is 46.4 Å². The molecule has 0 saturated heterocycles. The SMILES string of the molecule is CCC(NC(=O)c1cccc(OC)c1)C1c2cc(OC)c(OC)cc2CCN1Cc1cccc(OC)c1. The summed E-state index contributed by atoms with van der Waals surface area (Å²) in [5.41, 5.74) is 4.07. The van der Waals surface area contributed by atoms with Gasteiger partial charge in [-0.2, -0.15) is 0 Å². The molecule has 0 spiro atoms. The monoisotopic (exact) mass is 504 g/mol. The number of hydrogen-bond acceptors (Lipinski definition) is 6. The second kappa shape index (κ2) is 12.0. The lowest BCUT2D eigenvalue weighted by Gasteiger charge is -2.42. The summed E-state index contributed by atoms with van der Waals surface area (Å²) >= 11 is 0. The topological polar surface area (TPSA) is 69.3 Å². The Morgan fingerprint density at radius 1 is 0.919 bits per heavy atom. The molecule has 3 aromatic rings. The van der Waals surface area contributed by atoms with Gasteiger partial charge in [0.1, 0.15) is 11.5 Å². The average Bonchev–Trinajstić information content (AvgIpc) is 2.95. The van der Waals surface area contributed by atoms with Crippen molar-refractivity contribution in [3.63, 3.8) is 0 Å². The van der Waals surface area contributed by atoms with Gasteiger partial charge in [0.05, 0.1) is 34.5 Å². The number of amides is 1. The van der Waals surface area contributed by atoms with E-state index < -0.39 is 0 Å². The summed E-state index contributed by atoms with van der Waals surface area (Å²) in [7, 11) is 6.59. The zero-order valence-corrected chi connectivity index (χ0v) is 22.2. The molecular formula is C30H36N2O5. The third kappa shape index (κ3) is 5.83. The van der Waals surface area contributed by atoms with E-state index in [2.05, 4.69) is 41.4 Å². The van der Waals surface area contributed by atoms with Gasteiger partial charge in [-0.3, -0.25) is 9.69 Å². The van der Waals surface area contributed by atoms with Crippen LogP contribution in [0.15, 0.2) is 60.7 Å². The minimum Gasteiger partial charge on any atom is -0.497 e. The highest BCUT2D eigenvalue weighted by molar-refractivity contribution is 5.94. The Morgan fingerprint density at radius 3 is 2.27 bits per heavy atom. The first kappa shape index (κ1) is 26.4. The Labute approximate surface area is 219 Å². The number of hydrogen-bond donors (Lipinski definition) is 1. The number of benzene rings is 3. The Kier molecular flexibility index (Phi) is 8.56. The molecular weight excluding hydrogens is 468 g/mol. The first-order valence-electron chi connectivity index (χ1n) is 12.6. The van der Waals surface area contributed by atoms with E-state index in [0.29, 0.717) is 17.1 Å². The molecule has 1 N–H and O–H groups in total. The highest BCUT2D eigenvalue weighted by atomic mass is 16.5. The van der Waals surface area contributed by atoms with Crippen molar-refractivity contribution in [2.24, 2.45) is 0 Å². The van der Waals surface area contributed by atoms with Crippen LogP contribution in [0.2, 0.25) is 0 Å². The lowest BCUT2D eigenvalue weighted by Crippen LogP contribution is -2.48. The summed E-state index contributed by atoms with van der Waals surface area (Å²) in [4.78, 5) is 15.8. The molecule has 1 heterocycles. The van der Waals surface area contributed by atoms with Gasteiger partial charge < -0.3 is 24.3 Å². The zero-order valence-electron chi connectivity index (χ0n) is 22.2. The van der Waals surface area contributed by atoms with Crippen LogP contribution in [0.5, 0.6) is 23.0 Å². The fraction of sp³-hybridized carbons (Fsp3) is 0.367. The average molecular weight is 505 g/mol. The van der Waals surface area contributed by atoms with Crippen LogP contribution in [0.4, 0.5) is 0 Å². The van der Waals surface area contributed by atoms with Crippen LogP contribution < -0.4 is 24.3 Å². The van der Waals surface area contributed by atoms with Crippen molar-refractivity contribution in [1.29, 1.82) is 0 Å². The van der Waals surface area contributed by atoms with Crippen LogP contribution in [0.3, 0.4) is 0 Å². The maximum absolute atomic E-state index is 13.4. The first-order chi connectivity index (χ1) is 18.0. The Morgan fingerprint density at radius 2 is 1.59 bits per heavy atom. The summed E-state index contributed by atoms with van der Waals surface area (Å²) in [5.74, 6) is 2.76. The van der Waals surface area contributed by atoms with E-state index in [9.17, 15) is 4.79 Å². The molecule has 7 nitrogen and oxygen atoms in total. The van der Waals surface area contributed by atoms with Gasteiger partial charge in [0.25, 0.3) is 5.91 Å². The molecule has 196 valence electrons. The summed E-state index contributed by atoms with van der Waals surface area (Å²) < 4.78 is 22.0. The number of nitrogens with zero attached hydrogens (tertiary/aromatic N) is 1. The smallest absolute Gasteiger partial charge is 0.251 e. The van der Waals surface area contributed by atoms with E-state index in [-0.39, 0.29) is 18.0 Å². The predicted octanol–water partition coefficient (Wildman–Crippen LogP) is 5.03. The van der Waals surface area contributed by atoms with E-state index in [1.165, 1.54) is 5.56 Å². The highest BCUT2D eigenvalue weighted by Gasteiger charge is 2.35. The molecule has 7 heteroatoms. The van der Waals surface area contributed by atoms with Crippen molar-refractivity contribution in [3.05, 3.63) is 82.9 Å². The van der Waals surface area contributed by atoms with Crippen LogP contribution in [0.25, 0.3) is 0 Å². The summed E-state index contributed by atoms with van der Waals surface area (Å²) in [6, 6.07) is 19.3. The molecule has 37 heavy (non-hydrogen) atoms. The third-order valence-corrected chi connectivity index (χ3v) is 7.01. The normalized spacial score (nSPS) is 15.9. The molecule has 1 aliphatic rings. The molecule has 4 rings (SSSR count). The zero-order chi connectivity index (χ0) is 26.4. The largest absolute Gasteiger partial charge is 0.497 e. The van der Waals surface area contributed by atoms with Crippen LogP contribution in [0, 0.1) is 0 Å². The number of nitrogens with one attached hydrogen (secondary N) is 1. The number of carbonyl (C=O) groups excluding carboxylic acids is 1. The number of rotatable bonds is 10. The van der Waals surface area contributed by atoms with Gasteiger partial charge in [0.15, 0.2) is 11.5 Å². The van der Waals surface area contributed by atoms with Crippen LogP contribution >= 0.6 is 0 Å². The van der Waals surface area contributed by atoms with Crippen molar-refractivity contribution in [1.82, 2.24) is 10.2 Å². The third-order valence-electron chi connectivity index (χ3n) is 7.01. The molecule has 2 unspecified atom stereocenters. The number of carbonyl (C=O) groups is 1. The maximum atomic E-state index is 13.4. The van der Waals surface area contributed by atoms with Gasteiger partial charge in [0, 0.05) is 24.7 Å². The predicted molar refractivity (Wildman–Crippen MR) is 144 cm³/mol. The van der Waals surface area contributed by atoms with E-state index in [1.807, 2.05) is 24.3 Å². The van der Waals surface area contributed by atoms with Gasteiger partial charge in [-0.05, 0) is 72.0 Å². The van der Waals surface area contributed by atoms with Crippen molar-refractivity contribution < 1.29 is 23.7 Å². The Hall–Kier alpha value is -3.71. The second-order valence-corrected chi connectivity index (χ2v) is 9.14. The molecule has 0 bridgehead atoms. The van der Waals surface area contributed by atoms with E-state index in [1.54, 1.807) is 40.6 Å². The van der Waals surface area contributed by atoms with Crippen molar-refractivity contribution >= 4 is 5.91 Å². The Balaban J connectivity index is 1.72. The van der Waals surface area contributed by atoms with Crippen LogP contribution in [-0.2, 0) is 13.0 Å². The van der Waals surface area contributed by atoms with Crippen LogP contribution in [-0.4, -0.2) is 51.8 Å². The molecule has 1 amide bonds. The van der Waals surface area contributed by atoms with Gasteiger partial charge in [-0.1, -0.05) is 25.1 Å². The van der Waals surface area contributed by atoms with Gasteiger partial charge in [-0.15, -0.1) is 0 Å². The lowest BCUT2D eigenvalue weighted by atomic mass is 9.86. The number of fused-ring (bicyclic) bond motifs is 1. The highest BCUT2D eigenvalue weighted by Crippen LogP contribution is 2.41. The molecule has 2 atom stereocenters. The molecule has 0 saturated carbocycles. The van der Waals surface area contributed by atoms with E-state index >= 15 is 0 Å². The molecule has 1 aliphatic heterocycles. The van der Waals surface area contributed by atoms with Gasteiger partial charge in [0.2, 0.25) is 0 Å². The quantitative estimate of drug-likeness (QED) is 0.418.